The van der Waals surface area contributed by atoms with Gasteiger partial charge in [0.2, 0.25) is 5.89 Å². The fourth-order valence-electron chi connectivity index (χ4n) is 1.85. The van der Waals surface area contributed by atoms with Crippen molar-refractivity contribution in [1.29, 1.82) is 0 Å². The molecule has 0 unspecified atom stereocenters. The summed E-state index contributed by atoms with van der Waals surface area (Å²) in [4.78, 5) is 4.06. The van der Waals surface area contributed by atoms with E-state index in [9.17, 15) is 13.2 Å². The molecule has 0 aliphatic carbocycles. The minimum atomic E-state index is -4.44. The average Bonchev–Trinajstić information content (AvgIpc) is 2.81. The van der Waals surface area contributed by atoms with Crippen molar-refractivity contribution in [2.75, 3.05) is 0 Å². The summed E-state index contributed by atoms with van der Waals surface area (Å²) in [6, 6.07) is 12.8. The Labute approximate surface area is 137 Å². The van der Waals surface area contributed by atoms with Gasteiger partial charge in [0.15, 0.2) is 0 Å². The summed E-state index contributed by atoms with van der Waals surface area (Å²) in [6.07, 6.45) is -4.44. The second-order valence-corrected chi connectivity index (χ2v) is 3.96. The molecule has 3 rings (SSSR count). The Morgan fingerprint density at radius 2 is 1.85 bits per heavy atom. The van der Waals surface area contributed by atoms with E-state index in [1.165, 1.54) is 18.2 Å². The van der Waals surface area contributed by atoms with E-state index in [-0.39, 0.29) is 44.2 Å². The van der Waals surface area contributed by atoms with Crippen LogP contribution >= 0.6 is 0 Å². The third kappa shape index (κ3) is 2.79. The van der Waals surface area contributed by atoms with Gasteiger partial charge in [-0.1, -0.05) is 12.1 Å². The van der Waals surface area contributed by atoms with E-state index in [1.807, 2.05) is 0 Å². The maximum Gasteiger partial charge on any atom is 0.417 e. The predicted octanol–water partition coefficient (Wildman–Crippen LogP) is 4.31. The van der Waals surface area contributed by atoms with Gasteiger partial charge in [-0.2, -0.15) is 25.3 Å². The predicted molar refractivity (Wildman–Crippen MR) is 63.3 cm³/mol. The van der Waals surface area contributed by atoms with Crippen LogP contribution in [0.4, 0.5) is 13.2 Å². The Balaban J connectivity index is 0.00000147. The zero-order valence-electron chi connectivity index (χ0n) is 10.1. The first-order valence-electron chi connectivity index (χ1n) is 5.49. The maximum atomic E-state index is 12.9. The molecule has 0 saturated heterocycles. The average molecular weight is 351 g/mol. The first-order chi connectivity index (χ1) is 9.05. The van der Waals surface area contributed by atoms with E-state index in [0.29, 0.717) is 11.1 Å². The molecule has 3 aromatic rings. The first kappa shape index (κ1) is 15.2. The van der Waals surface area contributed by atoms with Crippen molar-refractivity contribution in [1.82, 2.24) is 4.98 Å². The summed E-state index contributed by atoms with van der Waals surface area (Å²) in [5, 5.41) is 0. The van der Waals surface area contributed by atoms with Crippen molar-refractivity contribution in [3.05, 3.63) is 54.1 Å². The van der Waals surface area contributed by atoms with Gasteiger partial charge in [0, 0.05) is 43.9 Å². The summed E-state index contributed by atoms with van der Waals surface area (Å²) >= 11 is 0. The fourth-order valence-corrected chi connectivity index (χ4v) is 1.85. The van der Waals surface area contributed by atoms with Gasteiger partial charge in [-0.05, 0) is 17.6 Å². The van der Waals surface area contributed by atoms with Crippen LogP contribution in [0.25, 0.3) is 22.6 Å². The molecule has 20 heavy (non-hydrogen) atoms. The van der Waals surface area contributed by atoms with Gasteiger partial charge in [-0.25, -0.2) is 0 Å². The number of rotatable bonds is 1. The van der Waals surface area contributed by atoms with Gasteiger partial charge in [0.1, 0.15) is 0 Å². The third-order valence-electron chi connectivity index (χ3n) is 2.69. The molecule has 99 valence electrons. The van der Waals surface area contributed by atoms with Crippen molar-refractivity contribution >= 4 is 11.1 Å². The molecule has 2 aromatic carbocycles. The van der Waals surface area contributed by atoms with Gasteiger partial charge in [0.05, 0.1) is 5.56 Å². The van der Waals surface area contributed by atoms with Crippen LogP contribution in [-0.4, -0.2) is 4.98 Å². The molecule has 0 bridgehead atoms. The Hall–Kier alpha value is -1.20. The van der Waals surface area contributed by atoms with Crippen LogP contribution in [0.3, 0.4) is 0 Å². The Morgan fingerprint density at radius 1 is 1.10 bits per heavy atom. The summed E-state index contributed by atoms with van der Waals surface area (Å²) in [5.41, 5.74) is 0.0944. The monoisotopic (exact) mass is 351 g/mol. The molecule has 0 saturated carbocycles. The number of aromatic nitrogens is 1. The van der Waals surface area contributed by atoms with Crippen LogP contribution in [0.15, 0.2) is 46.9 Å². The molecule has 1 radical (unpaired) electrons. The van der Waals surface area contributed by atoms with Crippen LogP contribution in [0.5, 0.6) is 0 Å². The van der Waals surface area contributed by atoms with E-state index < -0.39 is 11.7 Å². The van der Waals surface area contributed by atoms with Crippen molar-refractivity contribution in [2.45, 2.75) is 6.18 Å². The number of hydrogen-bond donors (Lipinski definition) is 0. The second kappa shape index (κ2) is 5.66. The number of halogens is 3. The molecular formula is C14H7F3NOY-. The normalized spacial score (nSPS) is 11.3. The summed E-state index contributed by atoms with van der Waals surface area (Å²) < 4.78 is 44.1. The molecule has 2 nitrogen and oxygen atoms in total. The van der Waals surface area contributed by atoms with E-state index in [2.05, 4.69) is 11.1 Å². The quantitative estimate of drug-likeness (QED) is 0.611. The molecule has 0 amide bonds. The van der Waals surface area contributed by atoms with Gasteiger partial charge in [-0.3, -0.25) is 4.98 Å². The van der Waals surface area contributed by atoms with Crippen LogP contribution in [0, 0.1) is 6.07 Å². The molecule has 0 fully saturated rings. The van der Waals surface area contributed by atoms with E-state index in [0.717, 1.165) is 6.07 Å². The topological polar surface area (TPSA) is 26.0 Å². The molecular weight excluding hydrogens is 344 g/mol. The number of benzene rings is 2. The summed E-state index contributed by atoms with van der Waals surface area (Å²) in [7, 11) is 0. The molecule has 0 spiro atoms. The number of alkyl halides is 3. The minimum Gasteiger partial charge on any atom is -0.463 e. The van der Waals surface area contributed by atoms with Crippen molar-refractivity contribution in [3.8, 4) is 11.5 Å². The summed E-state index contributed by atoms with van der Waals surface area (Å²) in [5.74, 6) is -0.0393. The molecule has 1 heterocycles. The van der Waals surface area contributed by atoms with Crippen LogP contribution in [0.2, 0.25) is 0 Å². The van der Waals surface area contributed by atoms with Crippen molar-refractivity contribution in [2.24, 2.45) is 0 Å². The van der Waals surface area contributed by atoms with Gasteiger partial charge < -0.3 is 4.42 Å². The van der Waals surface area contributed by atoms with Crippen molar-refractivity contribution in [3.63, 3.8) is 0 Å². The van der Waals surface area contributed by atoms with Gasteiger partial charge in [0.25, 0.3) is 0 Å². The van der Waals surface area contributed by atoms with Crippen molar-refractivity contribution < 1.29 is 50.3 Å². The number of hydrogen-bond acceptors (Lipinski definition) is 2. The standard InChI is InChI=1S/C14H7F3NO.Y/c15-14(16,17)10-6-2-1-5-9(10)13-18-11-7-3-4-8-12(11)19-13;/h1-2,4-8H;/q-1;. The Kier molecular flexibility index (Phi) is 4.30. The van der Waals surface area contributed by atoms with Crippen LogP contribution in [-0.2, 0) is 38.9 Å². The molecule has 0 atom stereocenters. The Morgan fingerprint density at radius 3 is 2.55 bits per heavy atom. The second-order valence-electron chi connectivity index (χ2n) is 3.96. The zero-order valence-corrected chi connectivity index (χ0v) is 12.9. The molecule has 6 heteroatoms. The maximum absolute atomic E-state index is 12.9. The fraction of sp³-hybridized carbons (Fsp3) is 0.0714. The molecule has 0 aliphatic rings. The van der Waals surface area contributed by atoms with E-state index in [1.54, 1.807) is 18.2 Å². The third-order valence-corrected chi connectivity index (χ3v) is 2.69. The first-order valence-corrected chi connectivity index (χ1v) is 5.49. The summed E-state index contributed by atoms with van der Waals surface area (Å²) in [6.45, 7) is 0. The SMILES string of the molecule is FC(F)(F)c1ccccc1-c1nc2c[c-]ccc2o1.[Y]. The number of oxazole rings is 1. The van der Waals surface area contributed by atoms with Crippen LogP contribution in [0.1, 0.15) is 5.56 Å². The van der Waals surface area contributed by atoms with E-state index >= 15 is 0 Å². The van der Waals surface area contributed by atoms with E-state index in [4.69, 9.17) is 4.42 Å². The Bertz CT molecular complexity index is 703. The van der Waals surface area contributed by atoms with Crippen LogP contribution < -0.4 is 0 Å². The molecule has 1 aromatic heterocycles. The van der Waals surface area contributed by atoms with Gasteiger partial charge in [-0.15, -0.1) is 12.1 Å². The minimum absolute atomic E-state index is 0. The molecule has 0 N–H and O–H groups in total. The largest absolute Gasteiger partial charge is 0.463 e. The number of nitrogens with zero attached hydrogens (tertiary/aromatic N) is 1. The smallest absolute Gasteiger partial charge is 0.417 e. The zero-order chi connectivity index (χ0) is 13.5. The van der Waals surface area contributed by atoms with Gasteiger partial charge >= 0.3 is 6.18 Å². The number of fused-ring (bicyclic) bond motifs is 1. The molecule has 0 aliphatic heterocycles.